The molecule has 4 aromatic rings. The van der Waals surface area contributed by atoms with E-state index >= 15 is 0 Å². The van der Waals surface area contributed by atoms with E-state index in [0.717, 1.165) is 0 Å². The summed E-state index contributed by atoms with van der Waals surface area (Å²) in [6.07, 6.45) is 6.42. The number of methoxy groups -OCH3 is 1. The van der Waals surface area contributed by atoms with Gasteiger partial charge in [-0.25, -0.2) is 23.4 Å². The minimum Gasteiger partial charge on any atom is -0.497 e. The van der Waals surface area contributed by atoms with E-state index < -0.39 is 10.0 Å². The number of imidazole rings is 1. The van der Waals surface area contributed by atoms with E-state index in [1.807, 2.05) is 0 Å². The summed E-state index contributed by atoms with van der Waals surface area (Å²) < 4.78 is 40.1. The van der Waals surface area contributed by atoms with Gasteiger partial charge in [-0.1, -0.05) is 0 Å². The van der Waals surface area contributed by atoms with Gasteiger partial charge in [0.15, 0.2) is 0 Å². The van der Waals surface area contributed by atoms with Crippen LogP contribution in [-0.4, -0.2) is 35.0 Å². The van der Waals surface area contributed by atoms with Crippen LogP contribution < -0.4 is 14.2 Å². The lowest BCUT2D eigenvalue weighted by Gasteiger charge is -2.10. The monoisotopic (exact) mass is 423 g/mol. The van der Waals surface area contributed by atoms with Crippen molar-refractivity contribution in [2.75, 3.05) is 11.8 Å². The topological polar surface area (TPSA) is 108 Å². The van der Waals surface area contributed by atoms with Gasteiger partial charge >= 0.3 is 0 Å². The number of rotatable bonds is 7. The molecule has 30 heavy (non-hydrogen) atoms. The van der Waals surface area contributed by atoms with E-state index in [1.165, 1.54) is 25.6 Å². The third kappa shape index (κ3) is 4.39. The number of anilines is 1. The van der Waals surface area contributed by atoms with Gasteiger partial charge < -0.3 is 9.47 Å². The maximum Gasteiger partial charge on any atom is 0.261 e. The van der Waals surface area contributed by atoms with Crippen LogP contribution in [0.2, 0.25) is 0 Å². The van der Waals surface area contributed by atoms with Gasteiger partial charge in [-0.15, -0.1) is 0 Å². The SMILES string of the molecule is COc1ccc(S(=O)(=O)Nc2ccc(Oc3cc(-n4ccnc4)ncn3)cc2)cc1. The lowest BCUT2D eigenvalue weighted by atomic mass is 10.3. The zero-order valence-electron chi connectivity index (χ0n) is 15.8. The number of sulfonamides is 1. The predicted molar refractivity (Wildman–Crippen MR) is 109 cm³/mol. The molecule has 0 amide bonds. The Hall–Kier alpha value is -3.92. The Kier molecular flexibility index (Phi) is 5.31. The first-order chi connectivity index (χ1) is 14.5. The normalized spacial score (nSPS) is 11.1. The van der Waals surface area contributed by atoms with Crippen LogP contribution in [0, 0.1) is 0 Å². The predicted octanol–water partition coefficient (Wildman–Crippen LogP) is 3.26. The summed E-state index contributed by atoms with van der Waals surface area (Å²) in [5.41, 5.74) is 0.403. The lowest BCUT2D eigenvalue weighted by molar-refractivity contribution is 0.414. The van der Waals surface area contributed by atoms with E-state index in [1.54, 1.807) is 65.8 Å². The van der Waals surface area contributed by atoms with E-state index in [2.05, 4.69) is 19.7 Å². The molecule has 0 radical (unpaired) electrons. The molecule has 0 bridgehead atoms. The second-order valence-electron chi connectivity index (χ2n) is 6.09. The van der Waals surface area contributed by atoms with Gasteiger partial charge in [0.2, 0.25) is 5.88 Å². The highest BCUT2D eigenvalue weighted by atomic mass is 32.2. The summed E-state index contributed by atoms with van der Waals surface area (Å²) in [7, 11) is -2.20. The van der Waals surface area contributed by atoms with Gasteiger partial charge in [-0.2, -0.15) is 0 Å². The van der Waals surface area contributed by atoms with Crippen molar-refractivity contribution in [2.24, 2.45) is 0 Å². The van der Waals surface area contributed by atoms with Crippen molar-refractivity contribution in [3.63, 3.8) is 0 Å². The van der Waals surface area contributed by atoms with Crippen molar-refractivity contribution in [2.45, 2.75) is 4.90 Å². The fraction of sp³-hybridized carbons (Fsp3) is 0.0500. The summed E-state index contributed by atoms with van der Waals surface area (Å²) in [5.74, 6) is 2.04. The first-order valence-electron chi connectivity index (χ1n) is 8.79. The molecule has 1 N–H and O–H groups in total. The van der Waals surface area contributed by atoms with Crippen LogP contribution in [0.3, 0.4) is 0 Å². The van der Waals surface area contributed by atoms with Crippen molar-refractivity contribution in [1.29, 1.82) is 0 Å². The Morgan fingerprint density at radius 2 is 1.70 bits per heavy atom. The summed E-state index contributed by atoms with van der Waals surface area (Å²) in [6, 6.07) is 14.3. The number of hydrogen-bond donors (Lipinski definition) is 1. The molecule has 4 rings (SSSR count). The van der Waals surface area contributed by atoms with Gasteiger partial charge in [-0.05, 0) is 48.5 Å². The molecule has 10 heteroatoms. The second kappa shape index (κ2) is 8.21. The van der Waals surface area contributed by atoms with Gasteiger partial charge in [0.1, 0.15) is 30.0 Å². The molecule has 0 saturated heterocycles. The van der Waals surface area contributed by atoms with Crippen LogP contribution in [0.1, 0.15) is 0 Å². The van der Waals surface area contributed by atoms with Crippen LogP contribution in [0.25, 0.3) is 5.82 Å². The minimum absolute atomic E-state index is 0.136. The Bertz CT molecular complexity index is 1230. The number of benzene rings is 2. The van der Waals surface area contributed by atoms with Gasteiger partial charge in [0.25, 0.3) is 10.0 Å². The average Bonchev–Trinajstić information content (AvgIpc) is 3.30. The van der Waals surface area contributed by atoms with Crippen LogP contribution in [0.15, 0.2) is 84.5 Å². The highest BCUT2D eigenvalue weighted by Gasteiger charge is 2.14. The summed E-state index contributed by atoms with van der Waals surface area (Å²) in [5, 5.41) is 0. The van der Waals surface area contributed by atoms with E-state index in [0.29, 0.717) is 28.9 Å². The molecular formula is C20H17N5O4S. The molecule has 0 unspecified atom stereocenters. The Labute approximate surface area is 173 Å². The molecule has 2 heterocycles. The summed E-state index contributed by atoms with van der Waals surface area (Å²) >= 11 is 0. The number of nitrogens with zero attached hydrogens (tertiary/aromatic N) is 4. The molecule has 0 aliphatic rings. The van der Waals surface area contributed by atoms with Gasteiger partial charge in [0.05, 0.1) is 12.0 Å². The van der Waals surface area contributed by atoms with E-state index in [-0.39, 0.29) is 4.90 Å². The molecule has 0 fully saturated rings. The maximum atomic E-state index is 12.5. The highest BCUT2D eigenvalue weighted by molar-refractivity contribution is 7.92. The van der Waals surface area contributed by atoms with Crippen molar-refractivity contribution >= 4 is 15.7 Å². The smallest absolute Gasteiger partial charge is 0.261 e. The average molecular weight is 423 g/mol. The number of nitrogens with one attached hydrogen (secondary N) is 1. The quantitative estimate of drug-likeness (QED) is 0.486. The number of hydrogen-bond acceptors (Lipinski definition) is 7. The molecule has 2 aromatic heterocycles. The third-order valence-electron chi connectivity index (χ3n) is 4.10. The zero-order chi connectivity index (χ0) is 21.0. The van der Waals surface area contributed by atoms with Crippen LogP contribution in [0.5, 0.6) is 17.4 Å². The molecule has 0 saturated carbocycles. The molecule has 0 spiro atoms. The number of ether oxygens (including phenoxy) is 2. The zero-order valence-corrected chi connectivity index (χ0v) is 16.7. The molecule has 152 valence electrons. The van der Waals surface area contributed by atoms with Crippen molar-refractivity contribution in [3.8, 4) is 23.2 Å². The van der Waals surface area contributed by atoms with Crippen molar-refractivity contribution in [1.82, 2.24) is 19.5 Å². The van der Waals surface area contributed by atoms with Crippen molar-refractivity contribution < 1.29 is 17.9 Å². The Morgan fingerprint density at radius 1 is 0.967 bits per heavy atom. The summed E-state index contributed by atoms with van der Waals surface area (Å²) in [6.45, 7) is 0. The minimum atomic E-state index is -3.72. The molecule has 9 nitrogen and oxygen atoms in total. The molecule has 0 aliphatic heterocycles. The first kappa shape index (κ1) is 19.4. The number of aromatic nitrogens is 4. The van der Waals surface area contributed by atoms with Gasteiger partial charge in [0, 0.05) is 24.1 Å². The van der Waals surface area contributed by atoms with Crippen LogP contribution >= 0.6 is 0 Å². The van der Waals surface area contributed by atoms with Crippen LogP contribution in [-0.2, 0) is 10.0 Å². The fourth-order valence-corrected chi connectivity index (χ4v) is 3.66. The fourth-order valence-electron chi connectivity index (χ4n) is 2.60. The standard InChI is InChI=1S/C20H17N5O4S/c1-28-16-6-8-18(9-7-16)30(26,27)24-15-2-4-17(5-3-15)29-20-12-19(22-13-23-20)25-11-10-21-14-25/h2-14,24H,1H3. The maximum absolute atomic E-state index is 12.5. The van der Waals surface area contributed by atoms with E-state index in [9.17, 15) is 8.42 Å². The first-order valence-corrected chi connectivity index (χ1v) is 10.3. The molecule has 2 aromatic carbocycles. The Morgan fingerprint density at radius 3 is 2.37 bits per heavy atom. The highest BCUT2D eigenvalue weighted by Crippen LogP contribution is 2.24. The summed E-state index contributed by atoms with van der Waals surface area (Å²) in [4.78, 5) is 12.4. The lowest BCUT2D eigenvalue weighted by Crippen LogP contribution is -2.12. The molecular weight excluding hydrogens is 406 g/mol. The molecule has 0 aliphatic carbocycles. The van der Waals surface area contributed by atoms with Crippen LogP contribution in [0.4, 0.5) is 5.69 Å². The largest absolute Gasteiger partial charge is 0.497 e. The van der Waals surface area contributed by atoms with E-state index in [4.69, 9.17) is 9.47 Å². The van der Waals surface area contributed by atoms with Crippen molar-refractivity contribution in [3.05, 3.63) is 79.6 Å². The molecule has 0 atom stereocenters. The second-order valence-corrected chi connectivity index (χ2v) is 7.77. The Balaban J connectivity index is 1.46. The third-order valence-corrected chi connectivity index (χ3v) is 5.49. The van der Waals surface area contributed by atoms with Gasteiger partial charge in [-0.3, -0.25) is 9.29 Å².